The van der Waals surface area contributed by atoms with E-state index in [-0.39, 0.29) is 11.8 Å². The van der Waals surface area contributed by atoms with Crippen molar-refractivity contribution in [1.82, 2.24) is 4.90 Å². The molecule has 0 fully saturated rings. The van der Waals surface area contributed by atoms with E-state index in [4.69, 9.17) is 14.2 Å². The summed E-state index contributed by atoms with van der Waals surface area (Å²) < 4.78 is 30.1. The van der Waals surface area contributed by atoms with Crippen LogP contribution in [0.25, 0.3) is 0 Å². The second-order valence-electron chi connectivity index (χ2n) is 7.50. The molecular formula is C25H25FN2O4. The van der Waals surface area contributed by atoms with Crippen LogP contribution < -0.4 is 14.8 Å². The van der Waals surface area contributed by atoms with E-state index in [1.54, 1.807) is 24.1 Å². The topological polar surface area (TPSA) is 60.0 Å². The maximum Gasteiger partial charge on any atom is 0.322 e. The molecule has 0 saturated carbocycles. The number of fused-ring (bicyclic) bond motifs is 1. The molecule has 0 aromatic heterocycles. The van der Waals surface area contributed by atoms with Crippen molar-refractivity contribution in [3.8, 4) is 11.5 Å². The first-order valence-corrected chi connectivity index (χ1v) is 10.4. The maximum absolute atomic E-state index is 13.3. The van der Waals surface area contributed by atoms with E-state index < -0.39 is 0 Å². The lowest BCUT2D eigenvalue weighted by atomic mass is 10.1. The normalized spacial score (nSPS) is 13.0. The Morgan fingerprint density at radius 2 is 1.88 bits per heavy atom. The van der Waals surface area contributed by atoms with Crippen molar-refractivity contribution < 1.29 is 23.4 Å². The standard InChI is InChI=1S/C25H25FN2O4/c1-30-23-7-3-6-22(14-23)27-25(29)28-10-11-32-24-9-8-19(12-20(24)15-28)17-31-16-18-4-2-5-21(26)13-18/h2-9,12-14H,10-11,15-17H2,1H3,(H,27,29). The average molecular weight is 436 g/mol. The molecule has 0 radical (unpaired) electrons. The molecule has 4 rings (SSSR count). The zero-order valence-corrected chi connectivity index (χ0v) is 17.8. The molecule has 0 saturated heterocycles. The smallest absolute Gasteiger partial charge is 0.322 e. The summed E-state index contributed by atoms with van der Waals surface area (Å²) in [6.07, 6.45) is 0. The second-order valence-corrected chi connectivity index (χ2v) is 7.50. The van der Waals surface area contributed by atoms with Crippen molar-refractivity contribution in [2.24, 2.45) is 0 Å². The number of anilines is 1. The largest absolute Gasteiger partial charge is 0.497 e. The first-order valence-electron chi connectivity index (χ1n) is 10.4. The van der Waals surface area contributed by atoms with Crippen LogP contribution in [0.4, 0.5) is 14.9 Å². The lowest BCUT2D eigenvalue weighted by Gasteiger charge is -2.20. The van der Waals surface area contributed by atoms with Crippen molar-refractivity contribution in [3.05, 3.63) is 89.2 Å². The van der Waals surface area contributed by atoms with Crippen molar-refractivity contribution in [1.29, 1.82) is 0 Å². The van der Waals surface area contributed by atoms with E-state index >= 15 is 0 Å². The predicted octanol–water partition coefficient (Wildman–Crippen LogP) is 4.98. The monoisotopic (exact) mass is 436 g/mol. The molecule has 3 aromatic carbocycles. The van der Waals surface area contributed by atoms with Crippen LogP contribution >= 0.6 is 0 Å². The average Bonchev–Trinajstić information content (AvgIpc) is 3.01. The lowest BCUT2D eigenvalue weighted by molar-refractivity contribution is 0.107. The number of nitrogens with one attached hydrogen (secondary N) is 1. The second kappa shape index (κ2) is 10.2. The lowest BCUT2D eigenvalue weighted by Crippen LogP contribution is -2.36. The highest BCUT2D eigenvalue weighted by Gasteiger charge is 2.20. The van der Waals surface area contributed by atoms with Gasteiger partial charge in [-0.2, -0.15) is 0 Å². The fourth-order valence-electron chi connectivity index (χ4n) is 3.53. The summed E-state index contributed by atoms with van der Waals surface area (Å²) in [4.78, 5) is 14.5. The summed E-state index contributed by atoms with van der Waals surface area (Å²) in [6, 6.07) is 19.2. The number of benzene rings is 3. The Labute approximate surface area is 186 Å². The minimum Gasteiger partial charge on any atom is -0.497 e. The number of nitrogens with zero attached hydrogens (tertiary/aromatic N) is 1. The van der Waals surface area contributed by atoms with Gasteiger partial charge in [0.15, 0.2) is 0 Å². The van der Waals surface area contributed by atoms with Crippen LogP contribution in [0.15, 0.2) is 66.7 Å². The molecule has 0 spiro atoms. The van der Waals surface area contributed by atoms with E-state index in [1.807, 2.05) is 42.5 Å². The van der Waals surface area contributed by atoms with E-state index in [2.05, 4.69) is 5.32 Å². The first kappa shape index (κ1) is 21.6. The van der Waals surface area contributed by atoms with Crippen LogP contribution in [-0.2, 0) is 24.5 Å². The molecule has 6 nitrogen and oxygen atoms in total. The van der Waals surface area contributed by atoms with Crippen LogP contribution in [0.2, 0.25) is 0 Å². The Morgan fingerprint density at radius 1 is 1.06 bits per heavy atom. The van der Waals surface area contributed by atoms with Crippen molar-refractivity contribution in [2.45, 2.75) is 19.8 Å². The van der Waals surface area contributed by atoms with Gasteiger partial charge in [0.1, 0.15) is 23.9 Å². The summed E-state index contributed by atoms with van der Waals surface area (Å²) >= 11 is 0. The molecule has 1 N–H and O–H groups in total. The van der Waals surface area contributed by atoms with Gasteiger partial charge in [0.25, 0.3) is 0 Å². The molecule has 0 aliphatic carbocycles. The maximum atomic E-state index is 13.3. The zero-order valence-electron chi connectivity index (χ0n) is 17.8. The van der Waals surface area contributed by atoms with Crippen molar-refractivity contribution in [2.75, 3.05) is 25.6 Å². The molecule has 166 valence electrons. The van der Waals surface area contributed by atoms with E-state index in [9.17, 15) is 9.18 Å². The molecule has 1 aliphatic heterocycles. The molecule has 0 atom stereocenters. The molecule has 3 aromatic rings. The van der Waals surface area contributed by atoms with Gasteiger partial charge in [0, 0.05) is 17.3 Å². The predicted molar refractivity (Wildman–Crippen MR) is 119 cm³/mol. The number of halogens is 1. The van der Waals surface area contributed by atoms with Crippen LogP contribution in [-0.4, -0.2) is 31.2 Å². The minimum absolute atomic E-state index is 0.206. The van der Waals surface area contributed by atoms with Gasteiger partial charge in [-0.25, -0.2) is 9.18 Å². The summed E-state index contributed by atoms with van der Waals surface area (Å²) in [7, 11) is 1.59. The number of carbonyl (C=O) groups excluding carboxylic acids is 1. The molecule has 1 aliphatic rings. The van der Waals surface area contributed by atoms with Crippen LogP contribution in [0.3, 0.4) is 0 Å². The molecule has 0 unspecified atom stereocenters. The van der Waals surface area contributed by atoms with Crippen molar-refractivity contribution >= 4 is 11.7 Å². The van der Waals surface area contributed by atoms with Gasteiger partial charge in [0.2, 0.25) is 0 Å². The number of urea groups is 1. The van der Waals surface area contributed by atoms with Crippen LogP contribution in [0.5, 0.6) is 11.5 Å². The number of amides is 2. The fourth-order valence-corrected chi connectivity index (χ4v) is 3.53. The number of hydrogen-bond donors (Lipinski definition) is 1. The quantitative estimate of drug-likeness (QED) is 0.592. The summed E-state index contributed by atoms with van der Waals surface area (Å²) in [5.41, 5.74) is 3.32. The fraction of sp³-hybridized carbons (Fsp3) is 0.240. The zero-order chi connectivity index (χ0) is 22.3. The highest BCUT2D eigenvalue weighted by Crippen LogP contribution is 2.26. The third-order valence-electron chi connectivity index (χ3n) is 5.14. The summed E-state index contributed by atoms with van der Waals surface area (Å²) in [6.45, 7) is 1.99. The van der Waals surface area contributed by atoms with Gasteiger partial charge in [-0.3, -0.25) is 0 Å². The van der Waals surface area contributed by atoms with Crippen molar-refractivity contribution in [3.63, 3.8) is 0 Å². The van der Waals surface area contributed by atoms with Gasteiger partial charge in [0.05, 0.1) is 33.4 Å². The molecule has 7 heteroatoms. The molecule has 1 heterocycles. The van der Waals surface area contributed by atoms with Gasteiger partial charge >= 0.3 is 6.03 Å². The molecular weight excluding hydrogens is 411 g/mol. The Kier molecular flexibility index (Phi) is 6.87. The number of carbonyl (C=O) groups is 1. The number of ether oxygens (including phenoxy) is 3. The Bertz CT molecular complexity index is 1090. The third kappa shape index (κ3) is 5.56. The summed E-state index contributed by atoms with van der Waals surface area (Å²) in [5, 5.41) is 2.91. The van der Waals surface area contributed by atoms with Crippen LogP contribution in [0, 0.1) is 5.82 Å². The summed E-state index contributed by atoms with van der Waals surface area (Å²) in [5.74, 6) is 1.16. The molecule has 32 heavy (non-hydrogen) atoms. The van der Waals surface area contributed by atoms with Gasteiger partial charge < -0.3 is 24.4 Å². The first-order chi connectivity index (χ1) is 15.6. The Morgan fingerprint density at radius 3 is 2.69 bits per heavy atom. The van der Waals surface area contributed by atoms with E-state index in [0.29, 0.717) is 44.3 Å². The van der Waals surface area contributed by atoms with E-state index in [0.717, 1.165) is 22.4 Å². The number of hydrogen-bond acceptors (Lipinski definition) is 4. The third-order valence-corrected chi connectivity index (χ3v) is 5.14. The van der Waals surface area contributed by atoms with Gasteiger partial charge in [-0.05, 0) is 47.5 Å². The Balaban J connectivity index is 1.39. The van der Waals surface area contributed by atoms with E-state index in [1.165, 1.54) is 12.1 Å². The minimum atomic E-state index is -0.277. The van der Waals surface area contributed by atoms with Crippen LogP contribution in [0.1, 0.15) is 16.7 Å². The Hall–Kier alpha value is -3.58. The molecule has 0 bridgehead atoms. The van der Waals surface area contributed by atoms with Gasteiger partial charge in [-0.1, -0.05) is 24.3 Å². The van der Waals surface area contributed by atoms with Gasteiger partial charge in [-0.15, -0.1) is 0 Å². The molecule has 2 amide bonds. The number of methoxy groups -OCH3 is 1. The highest BCUT2D eigenvalue weighted by atomic mass is 19.1. The highest BCUT2D eigenvalue weighted by molar-refractivity contribution is 5.89. The SMILES string of the molecule is COc1cccc(NC(=O)N2CCOc3ccc(COCc4cccc(F)c4)cc3C2)c1. The number of rotatable bonds is 6.